The number of hydrogen-bond donors (Lipinski definition) is 0. The highest BCUT2D eigenvalue weighted by atomic mass is 16.5. The van der Waals surface area contributed by atoms with E-state index in [4.69, 9.17) is 4.74 Å². The minimum absolute atomic E-state index is 0.0468. The molecule has 1 rings (SSSR count). The SMILES string of the molecule is CC[C@H](C)OC(=O)c1ccccn1. The Bertz CT molecular complexity index is 272. The lowest BCUT2D eigenvalue weighted by molar-refractivity contribution is 0.0327. The Morgan fingerprint density at radius 1 is 1.62 bits per heavy atom. The normalized spacial score (nSPS) is 12.2. The summed E-state index contributed by atoms with van der Waals surface area (Å²) in [6, 6.07) is 5.17. The maximum Gasteiger partial charge on any atom is 0.357 e. The molecular formula is C10H13NO2. The predicted octanol–water partition coefficient (Wildman–Crippen LogP) is 2.04. The third-order valence-electron chi connectivity index (χ3n) is 1.76. The van der Waals surface area contributed by atoms with E-state index in [2.05, 4.69) is 4.98 Å². The summed E-state index contributed by atoms with van der Waals surface area (Å²) in [5.74, 6) is -0.352. The summed E-state index contributed by atoms with van der Waals surface area (Å²) in [6.07, 6.45) is 2.35. The van der Waals surface area contributed by atoms with E-state index in [0.29, 0.717) is 5.69 Å². The van der Waals surface area contributed by atoms with E-state index in [9.17, 15) is 4.79 Å². The maximum atomic E-state index is 11.3. The van der Waals surface area contributed by atoms with Crippen molar-refractivity contribution < 1.29 is 9.53 Å². The summed E-state index contributed by atoms with van der Waals surface area (Å²) >= 11 is 0. The molecular weight excluding hydrogens is 166 g/mol. The van der Waals surface area contributed by atoms with Crippen LogP contribution < -0.4 is 0 Å². The summed E-state index contributed by atoms with van der Waals surface area (Å²) in [4.78, 5) is 15.2. The van der Waals surface area contributed by atoms with Crippen molar-refractivity contribution >= 4 is 5.97 Å². The second-order valence-corrected chi connectivity index (χ2v) is 2.84. The van der Waals surface area contributed by atoms with Gasteiger partial charge >= 0.3 is 5.97 Å². The number of nitrogens with zero attached hydrogens (tertiary/aromatic N) is 1. The quantitative estimate of drug-likeness (QED) is 0.666. The maximum absolute atomic E-state index is 11.3. The first-order chi connectivity index (χ1) is 6.24. The molecule has 1 atom stereocenters. The molecule has 0 radical (unpaired) electrons. The van der Waals surface area contributed by atoms with E-state index < -0.39 is 0 Å². The van der Waals surface area contributed by atoms with Gasteiger partial charge in [-0.05, 0) is 25.5 Å². The Balaban J connectivity index is 2.59. The third kappa shape index (κ3) is 2.86. The number of carbonyl (C=O) groups is 1. The van der Waals surface area contributed by atoms with Crippen LogP contribution in [0.4, 0.5) is 0 Å². The summed E-state index contributed by atoms with van der Waals surface area (Å²) in [5, 5.41) is 0. The highest BCUT2D eigenvalue weighted by Crippen LogP contribution is 2.02. The van der Waals surface area contributed by atoms with E-state index in [0.717, 1.165) is 6.42 Å². The van der Waals surface area contributed by atoms with Crippen LogP contribution in [0.1, 0.15) is 30.8 Å². The summed E-state index contributed by atoms with van der Waals surface area (Å²) < 4.78 is 5.08. The average molecular weight is 179 g/mol. The molecule has 0 N–H and O–H groups in total. The molecule has 0 saturated heterocycles. The van der Waals surface area contributed by atoms with Crippen molar-refractivity contribution in [3.05, 3.63) is 30.1 Å². The molecule has 0 spiro atoms. The highest BCUT2D eigenvalue weighted by molar-refractivity contribution is 5.87. The van der Waals surface area contributed by atoms with Gasteiger partial charge in [0.25, 0.3) is 0 Å². The van der Waals surface area contributed by atoms with Crippen molar-refractivity contribution in [1.29, 1.82) is 0 Å². The van der Waals surface area contributed by atoms with Crippen molar-refractivity contribution in [2.45, 2.75) is 26.4 Å². The van der Waals surface area contributed by atoms with Gasteiger partial charge in [0.1, 0.15) is 5.69 Å². The number of ether oxygens (including phenoxy) is 1. The Labute approximate surface area is 77.8 Å². The lowest BCUT2D eigenvalue weighted by atomic mass is 10.3. The van der Waals surface area contributed by atoms with Gasteiger partial charge in [-0.1, -0.05) is 13.0 Å². The zero-order valence-electron chi connectivity index (χ0n) is 7.86. The molecule has 0 aliphatic heterocycles. The fourth-order valence-corrected chi connectivity index (χ4v) is 0.810. The molecule has 3 nitrogen and oxygen atoms in total. The van der Waals surface area contributed by atoms with Crippen molar-refractivity contribution in [2.24, 2.45) is 0 Å². The zero-order chi connectivity index (χ0) is 9.68. The van der Waals surface area contributed by atoms with Gasteiger partial charge in [-0.2, -0.15) is 0 Å². The molecule has 0 fully saturated rings. The van der Waals surface area contributed by atoms with Crippen molar-refractivity contribution in [3.8, 4) is 0 Å². The molecule has 3 heteroatoms. The van der Waals surface area contributed by atoms with Crippen molar-refractivity contribution in [2.75, 3.05) is 0 Å². The summed E-state index contributed by atoms with van der Waals surface area (Å²) in [5.41, 5.74) is 0.364. The van der Waals surface area contributed by atoms with E-state index in [1.54, 1.807) is 24.4 Å². The first kappa shape index (κ1) is 9.71. The smallest absolute Gasteiger partial charge is 0.357 e. The van der Waals surface area contributed by atoms with Crippen LogP contribution in [-0.4, -0.2) is 17.1 Å². The van der Waals surface area contributed by atoms with E-state index in [1.165, 1.54) is 0 Å². The Morgan fingerprint density at radius 3 is 2.92 bits per heavy atom. The van der Waals surface area contributed by atoms with E-state index >= 15 is 0 Å². The van der Waals surface area contributed by atoms with Crippen LogP contribution in [-0.2, 0) is 4.74 Å². The number of rotatable bonds is 3. The number of esters is 1. The molecule has 1 aromatic rings. The second-order valence-electron chi connectivity index (χ2n) is 2.84. The topological polar surface area (TPSA) is 39.2 Å². The van der Waals surface area contributed by atoms with Crippen molar-refractivity contribution in [3.63, 3.8) is 0 Å². The Morgan fingerprint density at radius 2 is 2.38 bits per heavy atom. The molecule has 70 valence electrons. The van der Waals surface area contributed by atoms with Crippen LogP contribution in [0.5, 0.6) is 0 Å². The van der Waals surface area contributed by atoms with Gasteiger partial charge in [0.05, 0.1) is 6.10 Å². The molecule has 0 saturated carbocycles. The Hall–Kier alpha value is -1.38. The molecule has 0 amide bonds. The standard InChI is InChI=1S/C10H13NO2/c1-3-8(2)13-10(12)9-6-4-5-7-11-9/h4-8H,3H2,1-2H3/t8-/m0/s1. The second kappa shape index (κ2) is 4.60. The van der Waals surface area contributed by atoms with Crippen LogP contribution in [0.3, 0.4) is 0 Å². The summed E-state index contributed by atoms with van der Waals surface area (Å²) in [6.45, 7) is 3.83. The summed E-state index contributed by atoms with van der Waals surface area (Å²) in [7, 11) is 0. The Kier molecular flexibility index (Phi) is 3.43. The van der Waals surface area contributed by atoms with Crippen LogP contribution >= 0.6 is 0 Å². The fraction of sp³-hybridized carbons (Fsp3) is 0.400. The minimum atomic E-state index is -0.352. The van der Waals surface area contributed by atoms with Crippen LogP contribution in [0, 0.1) is 0 Å². The van der Waals surface area contributed by atoms with Gasteiger partial charge in [-0.3, -0.25) is 0 Å². The van der Waals surface area contributed by atoms with E-state index in [1.807, 2.05) is 13.8 Å². The zero-order valence-corrected chi connectivity index (χ0v) is 7.86. The van der Waals surface area contributed by atoms with Gasteiger partial charge in [0, 0.05) is 6.20 Å². The highest BCUT2D eigenvalue weighted by Gasteiger charge is 2.10. The number of aromatic nitrogens is 1. The van der Waals surface area contributed by atoms with Crippen LogP contribution in [0.15, 0.2) is 24.4 Å². The average Bonchev–Trinajstić information content (AvgIpc) is 2.19. The number of pyridine rings is 1. The van der Waals surface area contributed by atoms with Crippen molar-refractivity contribution in [1.82, 2.24) is 4.98 Å². The molecule has 0 unspecified atom stereocenters. The van der Waals surface area contributed by atoms with Crippen LogP contribution in [0.25, 0.3) is 0 Å². The molecule has 0 bridgehead atoms. The fourth-order valence-electron chi connectivity index (χ4n) is 0.810. The third-order valence-corrected chi connectivity index (χ3v) is 1.76. The van der Waals surface area contributed by atoms with Gasteiger partial charge in [-0.15, -0.1) is 0 Å². The molecule has 1 aromatic heterocycles. The van der Waals surface area contributed by atoms with E-state index in [-0.39, 0.29) is 12.1 Å². The van der Waals surface area contributed by atoms with Gasteiger partial charge in [0.15, 0.2) is 0 Å². The predicted molar refractivity (Wildman–Crippen MR) is 49.4 cm³/mol. The van der Waals surface area contributed by atoms with Crippen LogP contribution in [0.2, 0.25) is 0 Å². The molecule has 1 heterocycles. The van der Waals surface area contributed by atoms with Gasteiger partial charge < -0.3 is 4.74 Å². The van der Waals surface area contributed by atoms with Gasteiger partial charge in [-0.25, -0.2) is 9.78 Å². The lowest BCUT2D eigenvalue weighted by Gasteiger charge is -2.09. The first-order valence-corrected chi connectivity index (χ1v) is 4.36. The first-order valence-electron chi connectivity index (χ1n) is 4.36. The minimum Gasteiger partial charge on any atom is -0.458 e. The number of hydrogen-bond acceptors (Lipinski definition) is 3. The molecule has 13 heavy (non-hydrogen) atoms. The largest absolute Gasteiger partial charge is 0.458 e. The monoisotopic (exact) mass is 179 g/mol. The van der Waals surface area contributed by atoms with Gasteiger partial charge in [0.2, 0.25) is 0 Å². The number of carbonyl (C=O) groups excluding carboxylic acids is 1. The molecule has 0 aromatic carbocycles. The molecule has 0 aliphatic carbocycles. The lowest BCUT2D eigenvalue weighted by Crippen LogP contribution is -2.14. The molecule has 0 aliphatic rings.